The fraction of sp³-hybridized carbons (Fsp3) is 0.615. The highest BCUT2D eigenvalue weighted by molar-refractivity contribution is 5.45. The first-order valence-corrected chi connectivity index (χ1v) is 6.62. The molecule has 1 saturated carbocycles. The Hall–Kier alpha value is -1.79. The minimum absolute atomic E-state index is 0.138. The first-order valence-electron chi connectivity index (χ1n) is 6.62. The maximum Gasteiger partial charge on any atom is 0.252 e. The number of hydrogen-bond acceptors (Lipinski definition) is 4. The average molecular weight is 281 g/mol. The Morgan fingerprint density at radius 2 is 1.95 bits per heavy atom. The van der Waals surface area contributed by atoms with Gasteiger partial charge in [0.25, 0.3) is 5.92 Å². The normalized spacial score (nSPS) is 19.1. The number of rotatable bonds is 2. The van der Waals surface area contributed by atoms with Gasteiger partial charge < -0.3 is 5.32 Å². The molecule has 0 bridgehead atoms. The summed E-state index contributed by atoms with van der Waals surface area (Å²) >= 11 is 0. The third-order valence-electron chi connectivity index (χ3n) is 3.38. The van der Waals surface area contributed by atoms with E-state index in [1.807, 2.05) is 20.8 Å². The summed E-state index contributed by atoms with van der Waals surface area (Å²) in [5.41, 5.74) is 0.466. The van der Waals surface area contributed by atoms with E-state index in [9.17, 15) is 8.78 Å². The molecule has 7 heteroatoms. The molecule has 1 N–H and O–H groups in total. The number of alkyl halides is 2. The second-order valence-corrected chi connectivity index (χ2v) is 6.37. The van der Waals surface area contributed by atoms with Crippen LogP contribution in [0.15, 0.2) is 12.1 Å². The van der Waals surface area contributed by atoms with Crippen molar-refractivity contribution in [3.63, 3.8) is 0 Å². The van der Waals surface area contributed by atoms with Crippen molar-refractivity contribution in [3.05, 3.63) is 18.0 Å². The minimum atomic E-state index is -2.53. The average Bonchev–Trinajstić information content (AvgIpc) is 2.68. The van der Waals surface area contributed by atoms with Crippen LogP contribution in [0.25, 0.3) is 5.65 Å². The molecular formula is C13H17F2N5. The molecule has 1 aliphatic carbocycles. The Morgan fingerprint density at radius 1 is 1.25 bits per heavy atom. The number of halogens is 2. The van der Waals surface area contributed by atoms with E-state index in [4.69, 9.17) is 0 Å². The van der Waals surface area contributed by atoms with Gasteiger partial charge in [-0.3, -0.25) is 0 Å². The fourth-order valence-electron chi connectivity index (χ4n) is 2.31. The molecule has 0 spiro atoms. The van der Waals surface area contributed by atoms with Crippen LogP contribution in [0.5, 0.6) is 0 Å². The van der Waals surface area contributed by atoms with Crippen LogP contribution in [0.1, 0.15) is 39.4 Å². The highest BCUT2D eigenvalue weighted by Gasteiger charge is 2.45. The van der Waals surface area contributed by atoms with Crippen LogP contribution < -0.4 is 5.32 Å². The minimum Gasteiger partial charge on any atom is -0.365 e. The maximum absolute atomic E-state index is 12.8. The summed E-state index contributed by atoms with van der Waals surface area (Å²) in [7, 11) is 0. The van der Waals surface area contributed by atoms with Gasteiger partial charge in [-0.1, -0.05) is 20.8 Å². The largest absolute Gasteiger partial charge is 0.365 e. The quantitative estimate of drug-likeness (QED) is 0.919. The van der Waals surface area contributed by atoms with Crippen molar-refractivity contribution >= 4 is 11.5 Å². The van der Waals surface area contributed by atoms with E-state index in [-0.39, 0.29) is 24.3 Å². The molecule has 3 rings (SSSR count). The van der Waals surface area contributed by atoms with Gasteiger partial charge in [0.15, 0.2) is 11.5 Å². The van der Waals surface area contributed by atoms with Gasteiger partial charge in [-0.25, -0.2) is 8.78 Å². The molecule has 0 saturated heterocycles. The lowest BCUT2D eigenvalue weighted by Gasteiger charge is -2.35. The zero-order chi connectivity index (χ0) is 14.5. The monoisotopic (exact) mass is 281 g/mol. The molecule has 0 unspecified atom stereocenters. The molecule has 2 heterocycles. The van der Waals surface area contributed by atoms with Crippen LogP contribution in [0.4, 0.5) is 14.6 Å². The second kappa shape index (κ2) is 4.10. The first kappa shape index (κ1) is 13.2. The third kappa shape index (κ3) is 2.32. The van der Waals surface area contributed by atoms with E-state index in [1.54, 1.807) is 16.6 Å². The van der Waals surface area contributed by atoms with Gasteiger partial charge >= 0.3 is 0 Å². The van der Waals surface area contributed by atoms with Crippen LogP contribution in [-0.2, 0) is 5.41 Å². The van der Waals surface area contributed by atoms with Crippen molar-refractivity contribution in [2.45, 2.75) is 51.0 Å². The summed E-state index contributed by atoms with van der Waals surface area (Å²) in [4.78, 5) is 0. The van der Waals surface area contributed by atoms with Crippen molar-refractivity contribution in [1.82, 2.24) is 19.8 Å². The van der Waals surface area contributed by atoms with Gasteiger partial charge in [0.1, 0.15) is 5.82 Å². The van der Waals surface area contributed by atoms with Crippen molar-refractivity contribution < 1.29 is 8.78 Å². The zero-order valence-corrected chi connectivity index (χ0v) is 11.7. The second-order valence-electron chi connectivity index (χ2n) is 6.37. The lowest BCUT2D eigenvalue weighted by molar-refractivity contribution is -0.0794. The molecule has 5 nitrogen and oxygen atoms in total. The highest BCUT2D eigenvalue weighted by Crippen LogP contribution is 2.38. The number of nitrogens with zero attached hydrogens (tertiary/aromatic N) is 4. The number of aromatic nitrogens is 4. The van der Waals surface area contributed by atoms with Crippen LogP contribution in [-0.4, -0.2) is 31.8 Å². The summed E-state index contributed by atoms with van der Waals surface area (Å²) in [5, 5.41) is 15.6. The SMILES string of the molecule is CC(C)(C)c1nnc2ccc(NC3CC(F)(F)C3)nn12. The molecule has 108 valence electrons. The molecule has 0 aliphatic heterocycles. The molecule has 1 fully saturated rings. The maximum atomic E-state index is 12.8. The van der Waals surface area contributed by atoms with E-state index in [0.717, 1.165) is 5.82 Å². The smallest absolute Gasteiger partial charge is 0.252 e. The molecule has 0 radical (unpaired) electrons. The topological polar surface area (TPSA) is 55.1 Å². The molecular weight excluding hydrogens is 264 g/mol. The Kier molecular flexibility index (Phi) is 2.71. The van der Waals surface area contributed by atoms with E-state index in [1.165, 1.54) is 0 Å². The Morgan fingerprint density at radius 3 is 2.55 bits per heavy atom. The van der Waals surface area contributed by atoms with Crippen molar-refractivity contribution in [3.8, 4) is 0 Å². The predicted molar refractivity (Wildman–Crippen MR) is 71.1 cm³/mol. The highest BCUT2D eigenvalue weighted by atomic mass is 19.3. The van der Waals surface area contributed by atoms with Gasteiger partial charge in [-0.15, -0.1) is 15.3 Å². The summed E-state index contributed by atoms with van der Waals surface area (Å²) in [6.07, 6.45) is -0.276. The van der Waals surface area contributed by atoms with Crippen LogP contribution >= 0.6 is 0 Å². The van der Waals surface area contributed by atoms with Crippen LogP contribution in [0, 0.1) is 0 Å². The molecule has 20 heavy (non-hydrogen) atoms. The van der Waals surface area contributed by atoms with Crippen molar-refractivity contribution in [1.29, 1.82) is 0 Å². The number of nitrogens with one attached hydrogen (secondary N) is 1. The molecule has 2 aromatic heterocycles. The Balaban J connectivity index is 1.86. The standard InChI is InChI=1S/C13H17F2N5/c1-12(2,3)11-18-17-10-5-4-9(19-20(10)11)16-8-6-13(14,15)7-8/h4-5,8H,6-7H2,1-3H3,(H,16,19). The van der Waals surface area contributed by atoms with Crippen molar-refractivity contribution in [2.75, 3.05) is 5.32 Å². The van der Waals surface area contributed by atoms with Gasteiger partial charge in [-0.05, 0) is 12.1 Å². The molecule has 0 aromatic carbocycles. The van der Waals surface area contributed by atoms with Gasteiger partial charge in [0.2, 0.25) is 0 Å². The fourth-order valence-corrected chi connectivity index (χ4v) is 2.31. The van der Waals surface area contributed by atoms with Crippen LogP contribution in [0.3, 0.4) is 0 Å². The Bertz CT molecular complexity index is 636. The van der Waals surface area contributed by atoms with Crippen molar-refractivity contribution in [2.24, 2.45) is 0 Å². The van der Waals surface area contributed by atoms with Gasteiger partial charge in [0.05, 0.1) is 0 Å². The molecule has 0 atom stereocenters. The summed E-state index contributed by atoms with van der Waals surface area (Å²) in [6.45, 7) is 6.08. The number of anilines is 1. The van der Waals surface area contributed by atoms with E-state index in [2.05, 4.69) is 20.6 Å². The lowest BCUT2D eigenvalue weighted by Crippen LogP contribution is -2.44. The number of fused-ring (bicyclic) bond motifs is 1. The third-order valence-corrected chi connectivity index (χ3v) is 3.38. The van der Waals surface area contributed by atoms with E-state index < -0.39 is 5.92 Å². The van der Waals surface area contributed by atoms with Gasteiger partial charge in [0, 0.05) is 24.3 Å². The van der Waals surface area contributed by atoms with E-state index in [0.29, 0.717) is 11.5 Å². The molecule has 1 aliphatic rings. The molecule has 0 amide bonds. The predicted octanol–water partition coefficient (Wildman–Crippen LogP) is 2.63. The zero-order valence-electron chi connectivity index (χ0n) is 11.7. The molecule has 2 aromatic rings. The summed E-state index contributed by atoms with van der Waals surface area (Å²) in [6, 6.07) is 3.31. The first-order chi connectivity index (χ1) is 9.24. The van der Waals surface area contributed by atoms with E-state index >= 15 is 0 Å². The Labute approximate surface area is 115 Å². The summed E-state index contributed by atoms with van der Waals surface area (Å²) in [5.74, 6) is -1.21. The number of hydrogen-bond donors (Lipinski definition) is 1. The lowest BCUT2D eigenvalue weighted by atomic mass is 9.88. The summed E-state index contributed by atoms with van der Waals surface area (Å²) < 4.78 is 27.3. The van der Waals surface area contributed by atoms with Gasteiger partial charge in [-0.2, -0.15) is 4.52 Å². The van der Waals surface area contributed by atoms with Crippen LogP contribution in [0.2, 0.25) is 0 Å².